The molecule has 1 aliphatic heterocycles. The Morgan fingerprint density at radius 1 is 1.07 bits per heavy atom. The second-order valence-electron chi connectivity index (χ2n) is 7.13. The van der Waals surface area contributed by atoms with Crippen LogP contribution in [-0.4, -0.2) is 43.0 Å². The van der Waals surface area contributed by atoms with Crippen LogP contribution in [0.15, 0.2) is 54.6 Å². The molecule has 1 fully saturated rings. The fourth-order valence-corrected chi connectivity index (χ4v) is 3.81. The minimum Gasteiger partial charge on any atom is -0.454 e. The predicted molar refractivity (Wildman–Crippen MR) is 109 cm³/mol. The zero-order valence-electron chi connectivity index (χ0n) is 16.2. The molecule has 6 heteroatoms. The molecule has 6 nitrogen and oxygen atoms in total. The molecule has 0 atom stereocenters. The molecule has 1 saturated heterocycles. The Balaban J connectivity index is 1.57. The number of amides is 1. The van der Waals surface area contributed by atoms with E-state index < -0.39 is 11.5 Å². The Morgan fingerprint density at radius 2 is 1.71 bits per heavy atom. The van der Waals surface area contributed by atoms with Gasteiger partial charge in [-0.3, -0.25) is 9.59 Å². The lowest BCUT2D eigenvalue weighted by molar-refractivity contribution is -0.164. The lowest BCUT2D eigenvalue weighted by atomic mass is 9.84. The Kier molecular flexibility index (Phi) is 6.31. The first kappa shape index (κ1) is 19.9. The number of carbonyl (C=O) groups is 2. The molecule has 0 aromatic heterocycles. The van der Waals surface area contributed by atoms with Gasteiger partial charge < -0.3 is 20.7 Å². The Bertz CT molecular complexity index is 815. The fourth-order valence-electron chi connectivity index (χ4n) is 3.81. The molecule has 3 N–H and O–H groups in total. The number of anilines is 1. The highest BCUT2D eigenvalue weighted by molar-refractivity contribution is 5.98. The molecule has 0 aliphatic carbocycles. The highest BCUT2D eigenvalue weighted by Gasteiger charge is 2.39. The summed E-state index contributed by atoms with van der Waals surface area (Å²) in [5, 5.41) is 3.30. The average molecular weight is 381 g/mol. The Hall–Kier alpha value is -2.86. The van der Waals surface area contributed by atoms with Crippen molar-refractivity contribution in [3.05, 3.63) is 65.7 Å². The lowest BCUT2D eigenvalue weighted by Crippen LogP contribution is -2.46. The minimum absolute atomic E-state index is 0.248. The van der Waals surface area contributed by atoms with Crippen LogP contribution < -0.4 is 11.1 Å². The van der Waals surface area contributed by atoms with Crippen molar-refractivity contribution in [2.24, 2.45) is 5.73 Å². The number of primary amides is 1. The van der Waals surface area contributed by atoms with Crippen LogP contribution in [0.5, 0.6) is 0 Å². The molecule has 0 bridgehead atoms. The van der Waals surface area contributed by atoms with Gasteiger partial charge >= 0.3 is 5.97 Å². The van der Waals surface area contributed by atoms with Crippen LogP contribution in [0.2, 0.25) is 0 Å². The quantitative estimate of drug-likeness (QED) is 0.721. The summed E-state index contributed by atoms with van der Waals surface area (Å²) in [5.41, 5.74) is 7.19. The molecule has 0 radical (unpaired) electrons. The maximum atomic E-state index is 11.7. The lowest BCUT2D eigenvalue weighted by Gasteiger charge is -2.41. The van der Waals surface area contributed by atoms with Gasteiger partial charge in [-0.25, -0.2) is 0 Å². The van der Waals surface area contributed by atoms with E-state index in [-0.39, 0.29) is 5.97 Å². The van der Waals surface area contributed by atoms with Gasteiger partial charge in [-0.1, -0.05) is 42.5 Å². The van der Waals surface area contributed by atoms with Gasteiger partial charge in [0.2, 0.25) is 0 Å². The Labute approximate surface area is 165 Å². The van der Waals surface area contributed by atoms with Crippen molar-refractivity contribution in [3.8, 4) is 0 Å². The molecule has 3 rings (SSSR count). The molecule has 0 unspecified atom stereocenters. The highest BCUT2D eigenvalue weighted by Crippen LogP contribution is 2.36. The first-order valence-electron chi connectivity index (χ1n) is 9.60. The van der Waals surface area contributed by atoms with E-state index in [9.17, 15) is 9.59 Å². The molecule has 1 heterocycles. The SMILES string of the molecule is CC(=O)OC1(c2ccccc2)CCN(CCNc2ccccc2C(N)=O)CC1. The van der Waals surface area contributed by atoms with Gasteiger partial charge in [0.15, 0.2) is 0 Å². The number of rotatable bonds is 7. The number of hydrogen-bond donors (Lipinski definition) is 2. The minimum atomic E-state index is -0.546. The van der Waals surface area contributed by atoms with Gasteiger partial charge in [0, 0.05) is 51.6 Å². The second-order valence-corrected chi connectivity index (χ2v) is 7.13. The molecule has 2 aromatic carbocycles. The van der Waals surface area contributed by atoms with Gasteiger partial charge in [-0.15, -0.1) is 0 Å². The Morgan fingerprint density at radius 3 is 2.36 bits per heavy atom. The smallest absolute Gasteiger partial charge is 0.303 e. The van der Waals surface area contributed by atoms with Gasteiger partial charge in [0.05, 0.1) is 5.56 Å². The van der Waals surface area contributed by atoms with E-state index in [1.807, 2.05) is 42.5 Å². The van der Waals surface area contributed by atoms with Crippen LogP contribution in [0.4, 0.5) is 5.69 Å². The van der Waals surface area contributed by atoms with E-state index in [4.69, 9.17) is 10.5 Å². The first-order chi connectivity index (χ1) is 13.5. The number of para-hydroxylation sites is 1. The van der Waals surface area contributed by atoms with E-state index in [1.54, 1.807) is 12.1 Å². The van der Waals surface area contributed by atoms with E-state index in [1.165, 1.54) is 6.92 Å². The third kappa shape index (κ3) is 4.70. The summed E-state index contributed by atoms with van der Waals surface area (Å²) < 4.78 is 5.80. The second kappa shape index (κ2) is 8.89. The maximum Gasteiger partial charge on any atom is 0.303 e. The zero-order valence-corrected chi connectivity index (χ0v) is 16.2. The van der Waals surface area contributed by atoms with Crippen molar-refractivity contribution in [2.45, 2.75) is 25.4 Å². The third-order valence-corrected chi connectivity index (χ3v) is 5.24. The molecule has 1 amide bonds. The maximum absolute atomic E-state index is 11.7. The summed E-state index contributed by atoms with van der Waals surface area (Å²) in [7, 11) is 0. The van der Waals surface area contributed by atoms with Crippen molar-refractivity contribution in [1.29, 1.82) is 0 Å². The summed E-state index contributed by atoms with van der Waals surface area (Å²) in [5.74, 6) is -0.683. The summed E-state index contributed by atoms with van der Waals surface area (Å²) in [6.45, 7) is 4.67. The van der Waals surface area contributed by atoms with Crippen molar-refractivity contribution in [1.82, 2.24) is 4.90 Å². The largest absolute Gasteiger partial charge is 0.454 e. The molecule has 1 aliphatic rings. The van der Waals surface area contributed by atoms with Crippen LogP contribution >= 0.6 is 0 Å². The first-order valence-corrected chi connectivity index (χ1v) is 9.60. The number of nitrogens with zero attached hydrogens (tertiary/aromatic N) is 1. The summed E-state index contributed by atoms with van der Waals surface area (Å²) >= 11 is 0. The van der Waals surface area contributed by atoms with Crippen LogP contribution in [0, 0.1) is 0 Å². The summed E-state index contributed by atoms with van der Waals surface area (Å²) in [4.78, 5) is 25.6. The summed E-state index contributed by atoms with van der Waals surface area (Å²) in [6, 6.07) is 17.2. The van der Waals surface area contributed by atoms with E-state index in [0.717, 1.165) is 43.7 Å². The van der Waals surface area contributed by atoms with Crippen LogP contribution in [0.25, 0.3) is 0 Å². The predicted octanol–water partition coefficient (Wildman–Crippen LogP) is 2.75. The van der Waals surface area contributed by atoms with Crippen molar-refractivity contribution < 1.29 is 14.3 Å². The van der Waals surface area contributed by atoms with E-state index in [0.29, 0.717) is 12.1 Å². The number of likely N-dealkylation sites (tertiary alicyclic amines) is 1. The molecule has 28 heavy (non-hydrogen) atoms. The van der Waals surface area contributed by atoms with Crippen LogP contribution in [0.1, 0.15) is 35.7 Å². The highest BCUT2D eigenvalue weighted by atomic mass is 16.6. The number of nitrogens with one attached hydrogen (secondary N) is 1. The fraction of sp³-hybridized carbons (Fsp3) is 0.364. The van der Waals surface area contributed by atoms with Crippen molar-refractivity contribution >= 4 is 17.6 Å². The molecular weight excluding hydrogens is 354 g/mol. The molecule has 148 valence electrons. The van der Waals surface area contributed by atoms with Gasteiger partial charge in [-0.05, 0) is 17.7 Å². The van der Waals surface area contributed by atoms with E-state index in [2.05, 4.69) is 10.2 Å². The molecule has 2 aromatic rings. The number of piperidine rings is 1. The standard InChI is InChI=1S/C22H27N3O3/c1-17(26)28-22(18-7-3-2-4-8-18)11-14-25(15-12-22)16-13-24-20-10-6-5-9-19(20)21(23)27/h2-10,24H,11-16H2,1H3,(H2,23,27). The van der Waals surface area contributed by atoms with Crippen molar-refractivity contribution in [3.63, 3.8) is 0 Å². The number of nitrogens with two attached hydrogens (primary N) is 1. The average Bonchev–Trinajstić information content (AvgIpc) is 2.70. The van der Waals surface area contributed by atoms with Crippen LogP contribution in [0.3, 0.4) is 0 Å². The number of ether oxygens (including phenoxy) is 1. The molecular formula is C22H27N3O3. The number of benzene rings is 2. The van der Waals surface area contributed by atoms with Gasteiger partial charge in [0.25, 0.3) is 5.91 Å². The van der Waals surface area contributed by atoms with E-state index >= 15 is 0 Å². The number of carbonyl (C=O) groups excluding carboxylic acids is 2. The zero-order chi connectivity index (χ0) is 20.0. The van der Waals surface area contributed by atoms with Gasteiger partial charge in [-0.2, -0.15) is 0 Å². The molecule has 0 spiro atoms. The topological polar surface area (TPSA) is 84.7 Å². The molecule has 0 saturated carbocycles. The summed E-state index contributed by atoms with van der Waals surface area (Å²) in [6.07, 6.45) is 1.52. The van der Waals surface area contributed by atoms with Crippen LogP contribution in [-0.2, 0) is 15.1 Å². The monoisotopic (exact) mass is 381 g/mol. The normalized spacial score (nSPS) is 16.3. The third-order valence-electron chi connectivity index (χ3n) is 5.24. The number of esters is 1. The van der Waals surface area contributed by atoms with Gasteiger partial charge in [0.1, 0.15) is 5.60 Å². The number of hydrogen-bond acceptors (Lipinski definition) is 5. The van der Waals surface area contributed by atoms with Crippen molar-refractivity contribution in [2.75, 3.05) is 31.5 Å².